The highest BCUT2D eigenvalue weighted by Crippen LogP contribution is 2.62. The van der Waals surface area contributed by atoms with Crippen LogP contribution in [-0.2, 0) is 29.2 Å². The fourth-order valence-electron chi connectivity index (χ4n) is 6.54. The van der Waals surface area contributed by atoms with E-state index in [9.17, 15) is 19.2 Å². The van der Waals surface area contributed by atoms with Gasteiger partial charge in [-0.3, -0.25) is 14.4 Å². The zero-order valence-corrected chi connectivity index (χ0v) is 17.7. The number of esters is 1. The normalized spacial score (nSPS) is 36.0. The molecule has 0 N–H and O–H groups in total. The second-order valence-electron chi connectivity index (χ2n) is 9.32. The van der Waals surface area contributed by atoms with Crippen molar-refractivity contribution in [1.29, 1.82) is 0 Å². The Balaban J connectivity index is 1.80. The Kier molecular flexibility index (Phi) is 4.31. The van der Waals surface area contributed by atoms with Crippen LogP contribution in [0.4, 0.5) is 0 Å². The van der Waals surface area contributed by atoms with Crippen molar-refractivity contribution in [2.75, 3.05) is 20.3 Å². The lowest BCUT2D eigenvalue weighted by molar-refractivity contribution is -0.131. The minimum atomic E-state index is -0.894. The third kappa shape index (κ3) is 2.39. The molecule has 0 spiro atoms. The fourth-order valence-corrected chi connectivity index (χ4v) is 6.54. The summed E-state index contributed by atoms with van der Waals surface area (Å²) >= 11 is 0. The van der Waals surface area contributed by atoms with Gasteiger partial charge in [-0.2, -0.15) is 0 Å². The molecule has 5 rings (SSSR count). The molecule has 0 aromatic carbocycles. The average molecular weight is 428 g/mol. The number of carbonyl (C=O) groups excluding carboxylic acids is 4. The first-order valence-electron chi connectivity index (χ1n) is 10.5. The maximum absolute atomic E-state index is 13.7. The van der Waals surface area contributed by atoms with Crippen molar-refractivity contribution in [1.82, 2.24) is 0 Å². The van der Waals surface area contributed by atoms with Gasteiger partial charge in [-0.1, -0.05) is 6.92 Å². The van der Waals surface area contributed by atoms with E-state index in [1.165, 1.54) is 13.4 Å². The van der Waals surface area contributed by atoms with Crippen LogP contribution in [-0.4, -0.2) is 50.4 Å². The molecular weight excluding hydrogens is 404 g/mol. The Morgan fingerprint density at radius 2 is 2.00 bits per heavy atom. The fraction of sp³-hybridized carbons (Fsp3) is 0.565. The van der Waals surface area contributed by atoms with Crippen LogP contribution < -0.4 is 0 Å². The third-order valence-corrected chi connectivity index (χ3v) is 7.90. The molecule has 1 aliphatic heterocycles. The van der Waals surface area contributed by atoms with Crippen molar-refractivity contribution in [2.24, 2.45) is 17.3 Å². The number of fused-ring (bicyclic) bond motifs is 3. The number of rotatable bonds is 5. The summed E-state index contributed by atoms with van der Waals surface area (Å²) in [5.41, 5.74) is 0.468. The van der Waals surface area contributed by atoms with Crippen LogP contribution in [0.25, 0.3) is 0 Å². The molecule has 0 bridgehead atoms. The van der Waals surface area contributed by atoms with Crippen LogP contribution in [0, 0.1) is 17.3 Å². The molecule has 1 saturated carbocycles. The molecule has 31 heavy (non-hydrogen) atoms. The standard InChI is InChI=1S/C23H24O8/c1-22-6-11(7-29-10-24)17-16(13(22)4-5-14(22)25)19(26)20-18-12(8-30-20)21(27)31-15(9-28-3)23(17,18)2/h8,10-11,13,15H,4-7,9H2,1-3H3/t11-,13?,15+,22-,23+/m0/s1. The van der Waals surface area contributed by atoms with Crippen molar-refractivity contribution < 1.29 is 37.8 Å². The molecule has 0 saturated heterocycles. The Hall–Kier alpha value is -2.74. The van der Waals surface area contributed by atoms with Gasteiger partial charge in [0.15, 0.2) is 5.76 Å². The van der Waals surface area contributed by atoms with Crippen LogP contribution in [0.2, 0.25) is 0 Å². The van der Waals surface area contributed by atoms with Gasteiger partial charge in [0.2, 0.25) is 5.78 Å². The van der Waals surface area contributed by atoms with E-state index in [1.54, 1.807) is 0 Å². The maximum Gasteiger partial charge on any atom is 0.342 e. The van der Waals surface area contributed by atoms with E-state index >= 15 is 0 Å². The molecule has 8 heteroatoms. The molecule has 5 atom stereocenters. The number of ether oxygens (including phenoxy) is 3. The van der Waals surface area contributed by atoms with E-state index in [0.29, 0.717) is 36.9 Å². The minimum Gasteiger partial charge on any atom is -0.467 e. The first kappa shape index (κ1) is 20.2. The molecule has 4 aliphatic rings. The van der Waals surface area contributed by atoms with Crippen LogP contribution in [0.15, 0.2) is 21.8 Å². The zero-order chi connectivity index (χ0) is 22.1. The first-order chi connectivity index (χ1) is 14.8. The van der Waals surface area contributed by atoms with Gasteiger partial charge < -0.3 is 18.6 Å². The Bertz CT molecular complexity index is 1050. The SMILES string of the molecule is COC[C@H]1OC(=O)c2coc3c2[C@@]1(C)C1=C(C3=O)C2CCC(=O)[C@@]2(C)C[C@H]1COC=O. The predicted octanol–water partition coefficient (Wildman–Crippen LogP) is 2.39. The second-order valence-corrected chi connectivity index (χ2v) is 9.32. The smallest absolute Gasteiger partial charge is 0.342 e. The van der Waals surface area contributed by atoms with Crippen molar-refractivity contribution >= 4 is 24.0 Å². The lowest BCUT2D eigenvalue weighted by Gasteiger charge is -2.52. The van der Waals surface area contributed by atoms with E-state index < -0.39 is 22.9 Å². The summed E-state index contributed by atoms with van der Waals surface area (Å²) in [6.45, 7) is 4.36. The molecule has 0 radical (unpaired) electrons. The van der Waals surface area contributed by atoms with Gasteiger partial charge in [0.05, 0.1) is 18.6 Å². The van der Waals surface area contributed by atoms with E-state index in [2.05, 4.69) is 0 Å². The molecular formula is C23H24O8. The van der Waals surface area contributed by atoms with E-state index in [4.69, 9.17) is 18.6 Å². The predicted molar refractivity (Wildman–Crippen MR) is 104 cm³/mol. The number of furan rings is 1. The van der Waals surface area contributed by atoms with E-state index in [0.717, 1.165) is 5.57 Å². The summed E-state index contributed by atoms with van der Waals surface area (Å²) in [6, 6.07) is 0. The van der Waals surface area contributed by atoms with Crippen LogP contribution in [0.5, 0.6) is 0 Å². The van der Waals surface area contributed by atoms with Crippen molar-refractivity contribution in [3.05, 3.63) is 34.3 Å². The zero-order valence-electron chi connectivity index (χ0n) is 17.7. The Morgan fingerprint density at radius 1 is 1.23 bits per heavy atom. The summed E-state index contributed by atoms with van der Waals surface area (Å²) in [6.07, 6.45) is 2.03. The van der Waals surface area contributed by atoms with Crippen molar-refractivity contribution in [3.63, 3.8) is 0 Å². The maximum atomic E-state index is 13.7. The molecule has 164 valence electrons. The molecule has 1 fully saturated rings. The summed E-state index contributed by atoms with van der Waals surface area (Å²) in [5.74, 6) is -1.22. The number of hydrogen-bond acceptors (Lipinski definition) is 8. The summed E-state index contributed by atoms with van der Waals surface area (Å²) in [7, 11) is 1.52. The van der Waals surface area contributed by atoms with Crippen LogP contribution >= 0.6 is 0 Å². The Morgan fingerprint density at radius 3 is 2.71 bits per heavy atom. The molecule has 1 aromatic heterocycles. The van der Waals surface area contributed by atoms with Gasteiger partial charge in [-0.05, 0) is 25.3 Å². The highest BCUT2D eigenvalue weighted by molar-refractivity contribution is 6.14. The second kappa shape index (κ2) is 6.63. The van der Waals surface area contributed by atoms with Gasteiger partial charge in [0.1, 0.15) is 23.7 Å². The number of carbonyl (C=O) groups is 4. The minimum absolute atomic E-state index is 0.0387. The number of allylic oxidation sites excluding steroid dienone is 1. The van der Waals surface area contributed by atoms with Gasteiger partial charge in [0, 0.05) is 41.9 Å². The lowest BCUT2D eigenvalue weighted by atomic mass is 9.52. The number of ketones is 2. The van der Waals surface area contributed by atoms with E-state index in [1.807, 2.05) is 13.8 Å². The molecule has 8 nitrogen and oxygen atoms in total. The first-order valence-corrected chi connectivity index (χ1v) is 10.5. The number of cyclic esters (lactones) is 1. The topological polar surface area (TPSA) is 109 Å². The number of methoxy groups -OCH3 is 1. The highest BCUT2D eigenvalue weighted by Gasteiger charge is 2.63. The number of hydrogen-bond donors (Lipinski definition) is 0. The highest BCUT2D eigenvalue weighted by atomic mass is 16.6. The summed E-state index contributed by atoms with van der Waals surface area (Å²) in [4.78, 5) is 50.3. The van der Waals surface area contributed by atoms with Crippen LogP contribution in [0.3, 0.4) is 0 Å². The van der Waals surface area contributed by atoms with Crippen molar-refractivity contribution in [3.8, 4) is 0 Å². The Labute approximate surface area is 178 Å². The van der Waals surface area contributed by atoms with Gasteiger partial charge >= 0.3 is 5.97 Å². The summed E-state index contributed by atoms with van der Waals surface area (Å²) < 4.78 is 21.9. The lowest BCUT2D eigenvalue weighted by Crippen LogP contribution is -2.56. The summed E-state index contributed by atoms with van der Waals surface area (Å²) in [5, 5.41) is 0. The van der Waals surface area contributed by atoms with Gasteiger partial charge in [-0.15, -0.1) is 0 Å². The third-order valence-electron chi connectivity index (χ3n) is 7.90. The quantitative estimate of drug-likeness (QED) is 0.520. The molecule has 0 amide bonds. The number of Topliss-reactive ketones (excluding diaryl/α,β-unsaturated/α-hetero) is 2. The van der Waals surface area contributed by atoms with Crippen LogP contribution in [0.1, 0.15) is 59.6 Å². The monoisotopic (exact) mass is 428 g/mol. The molecule has 1 aromatic rings. The molecule has 2 heterocycles. The molecule has 1 unspecified atom stereocenters. The van der Waals surface area contributed by atoms with Gasteiger partial charge in [-0.25, -0.2) is 4.79 Å². The molecule has 3 aliphatic carbocycles. The van der Waals surface area contributed by atoms with E-state index in [-0.39, 0.29) is 47.9 Å². The van der Waals surface area contributed by atoms with Crippen molar-refractivity contribution in [2.45, 2.75) is 44.6 Å². The van der Waals surface area contributed by atoms with Gasteiger partial charge in [0.25, 0.3) is 6.47 Å². The largest absolute Gasteiger partial charge is 0.467 e. The average Bonchev–Trinajstić information content (AvgIpc) is 3.31.